The molecular formula is C13H14ClNO2. The molecule has 0 aliphatic heterocycles. The van der Waals surface area contributed by atoms with Crippen LogP contribution in [0.15, 0.2) is 12.1 Å². The van der Waals surface area contributed by atoms with Crippen LogP contribution in [0.25, 0.3) is 10.9 Å². The molecule has 0 bridgehead atoms. The van der Waals surface area contributed by atoms with Crippen molar-refractivity contribution in [1.82, 2.24) is 4.98 Å². The Kier molecular flexibility index (Phi) is 2.87. The number of fused-ring (bicyclic) bond motifs is 1. The van der Waals surface area contributed by atoms with Gasteiger partial charge in [0.25, 0.3) is 0 Å². The second kappa shape index (κ2) is 4.08. The number of aromatic carboxylic acids is 1. The third-order valence-electron chi connectivity index (χ3n) is 3.00. The number of halogens is 1. The summed E-state index contributed by atoms with van der Waals surface area (Å²) in [5.74, 6) is -0.782. The molecule has 1 aromatic carbocycles. The SMILES string of the molecule is Cc1c(Cl)ccc2c(C(C)C)c(C(=O)O)[nH]c12. The van der Waals surface area contributed by atoms with E-state index < -0.39 is 5.97 Å². The molecule has 0 aliphatic carbocycles. The Hall–Kier alpha value is -1.48. The van der Waals surface area contributed by atoms with Crippen LogP contribution in [0.2, 0.25) is 5.02 Å². The van der Waals surface area contributed by atoms with E-state index in [1.54, 1.807) is 0 Å². The maximum absolute atomic E-state index is 11.2. The Balaban J connectivity index is 2.89. The van der Waals surface area contributed by atoms with Gasteiger partial charge in [-0.2, -0.15) is 0 Å². The minimum absolute atomic E-state index is 0.149. The highest BCUT2D eigenvalue weighted by molar-refractivity contribution is 6.32. The lowest BCUT2D eigenvalue weighted by Crippen LogP contribution is -2.02. The van der Waals surface area contributed by atoms with Crippen LogP contribution in [-0.4, -0.2) is 16.1 Å². The Labute approximate surface area is 104 Å². The second-order valence-electron chi connectivity index (χ2n) is 4.47. The molecule has 0 atom stereocenters. The van der Waals surface area contributed by atoms with Crippen LogP contribution in [-0.2, 0) is 0 Å². The molecule has 2 aromatic rings. The number of aryl methyl sites for hydroxylation is 1. The first-order valence-electron chi connectivity index (χ1n) is 5.47. The second-order valence-corrected chi connectivity index (χ2v) is 4.88. The van der Waals surface area contributed by atoms with Crippen molar-refractivity contribution >= 4 is 28.5 Å². The van der Waals surface area contributed by atoms with Crippen molar-refractivity contribution in [2.75, 3.05) is 0 Å². The van der Waals surface area contributed by atoms with Gasteiger partial charge in [-0.05, 0) is 30.0 Å². The van der Waals surface area contributed by atoms with E-state index >= 15 is 0 Å². The number of aromatic nitrogens is 1. The van der Waals surface area contributed by atoms with Gasteiger partial charge >= 0.3 is 5.97 Å². The van der Waals surface area contributed by atoms with E-state index in [1.807, 2.05) is 32.9 Å². The minimum Gasteiger partial charge on any atom is -0.477 e. The third-order valence-corrected chi connectivity index (χ3v) is 3.41. The molecule has 17 heavy (non-hydrogen) atoms. The number of aromatic amines is 1. The number of nitrogens with one attached hydrogen (secondary N) is 1. The van der Waals surface area contributed by atoms with Crippen molar-refractivity contribution in [3.8, 4) is 0 Å². The molecule has 0 spiro atoms. The molecule has 1 heterocycles. The van der Waals surface area contributed by atoms with Crippen molar-refractivity contribution < 1.29 is 9.90 Å². The van der Waals surface area contributed by atoms with Gasteiger partial charge in [0.1, 0.15) is 5.69 Å². The van der Waals surface area contributed by atoms with E-state index in [1.165, 1.54) is 0 Å². The Morgan fingerprint density at radius 1 is 1.41 bits per heavy atom. The van der Waals surface area contributed by atoms with Gasteiger partial charge in [0, 0.05) is 10.4 Å². The largest absolute Gasteiger partial charge is 0.477 e. The van der Waals surface area contributed by atoms with Crippen molar-refractivity contribution in [1.29, 1.82) is 0 Å². The number of hydrogen-bond donors (Lipinski definition) is 2. The number of benzene rings is 1. The lowest BCUT2D eigenvalue weighted by molar-refractivity contribution is 0.0690. The fourth-order valence-corrected chi connectivity index (χ4v) is 2.32. The van der Waals surface area contributed by atoms with Gasteiger partial charge in [-0.1, -0.05) is 31.5 Å². The Morgan fingerprint density at radius 3 is 2.59 bits per heavy atom. The predicted octanol–water partition coefficient (Wildman–Crippen LogP) is 3.95. The van der Waals surface area contributed by atoms with E-state index in [0.29, 0.717) is 5.02 Å². The Morgan fingerprint density at radius 2 is 2.06 bits per heavy atom. The van der Waals surface area contributed by atoms with Crippen LogP contribution >= 0.6 is 11.6 Å². The van der Waals surface area contributed by atoms with Crippen molar-refractivity contribution in [3.63, 3.8) is 0 Å². The average Bonchev–Trinajstić information content (AvgIpc) is 2.63. The summed E-state index contributed by atoms with van der Waals surface area (Å²) in [6, 6.07) is 3.69. The van der Waals surface area contributed by atoms with Crippen LogP contribution in [0.5, 0.6) is 0 Å². The number of rotatable bonds is 2. The van der Waals surface area contributed by atoms with Crippen LogP contribution in [0.4, 0.5) is 0 Å². The molecule has 0 saturated carbocycles. The summed E-state index contributed by atoms with van der Waals surface area (Å²) < 4.78 is 0. The zero-order valence-corrected chi connectivity index (χ0v) is 10.7. The number of carboxylic acids is 1. The summed E-state index contributed by atoms with van der Waals surface area (Å²) in [4.78, 5) is 14.2. The summed E-state index contributed by atoms with van der Waals surface area (Å²) in [6.07, 6.45) is 0. The summed E-state index contributed by atoms with van der Waals surface area (Å²) in [7, 11) is 0. The number of H-pyrrole nitrogens is 1. The van der Waals surface area contributed by atoms with E-state index in [9.17, 15) is 9.90 Å². The van der Waals surface area contributed by atoms with Crippen LogP contribution in [0, 0.1) is 6.92 Å². The maximum Gasteiger partial charge on any atom is 0.352 e. The van der Waals surface area contributed by atoms with Crippen LogP contribution < -0.4 is 0 Å². The maximum atomic E-state index is 11.2. The molecule has 0 saturated heterocycles. The molecule has 0 unspecified atom stereocenters. The average molecular weight is 252 g/mol. The molecule has 0 amide bonds. The molecule has 2 rings (SSSR count). The van der Waals surface area contributed by atoms with Gasteiger partial charge in [-0.15, -0.1) is 0 Å². The molecule has 0 radical (unpaired) electrons. The van der Waals surface area contributed by atoms with Gasteiger partial charge in [0.2, 0.25) is 0 Å². The number of carbonyl (C=O) groups is 1. The van der Waals surface area contributed by atoms with E-state index in [-0.39, 0.29) is 11.6 Å². The van der Waals surface area contributed by atoms with Gasteiger partial charge in [-0.3, -0.25) is 0 Å². The first-order valence-corrected chi connectivity index (χ1v) is 5.85. The van der Waals surface area contributed by atoms with E-state index in [0.717, 1.165) is 22.0 Å². The fourth-order valence-electron chi connectivity index (χ4n) is 2.17. The summed E-state index contributed by atoms with van der Waals surface area (Å²) in [5.41, 5.74) is 2.81. The molecular weight excluding hydrogens is 238 g/mol. The first kappa shape index (κ1) is 12.0. The van der Waals surface area contributed by atoms with Crippen LogP contribution in [0.3, 0.4) is 0 Å². The van der Waals surface area contributed by atoms with Gasteiger partial charge in [0.05, 0.1) is 5.52 Å². The molecule has 2 N–H and O–H groups in total. The van der Waals surface area contributed by atoms with Gasteiger partial charge in [-0.25, -0.2) is 4.79 Å². The highest BCUT2D eigenvalue weighted by Crippen LogP contribution is 2.33. The topological polar surface area (TPSA) is 53.1 Å². The number of hydrogen-bond acceptors (Lipinski definition) is 1. The van der Waals surface area contributed by atoms with E-state index in [2.05, 4.69) is 4.98 Å². The van der Waals surface area contributed by atoms with Crippen molar-refractivity contribution in [2.45, 2.75) is 26.7 Å². The highest BCUT2D eigenvalue weighted by atomic mass is 35.5. The minimum atomic E-state index is -0.930. The highest BCUT2D eigenvalue weighted by Gasteiger charge is 2.20. The lowest BCUT2D eigenvalue weighted by atomic mass is 9.98. The smallest absolute Gasteiger partial charge is 0.352 e. The zero-order chi connectivity index (χ0) is 12.7. The summed E-state index contributed by atoms with van der Waals surface area (Å²) in [5, 5.41) is 10.8. The van der Waals surface area contributed by atoms with Gasteiger partial charge < -0.3 is 10.1 Å². The molecule has 3 nitrogen and oxygen atoms in total. The van der Waals surface area contributed by atoms with Crippen molar-refractivity contribution in [3.05, 3.63) is 34.0 Å². The lowest BCUT2D eigenvalue weighted by Gasteiger charge is -2.05. The van der Waals surface area contributed by atoms with E-state index in [4.69, 9.17) is 11.6 Å². The zero-order valence-electron chi connectivity index (χ0n) is 9.97. The third kappa shape index (κ3) is 1.80. The number of carboxylic acid groups (broad SMARTS) is 1. The summed E-state index contributed by atoms with van der Waals surface area (Å²) in [6.45, 7) is 5.86. The standard InChI is InChI=1S/C13H14ClNO2/c1-6(2)10-8-4-5-9(14)7(3)11(8)15-12(10)13(16)17/h4-6,15H,1-3H3,(H,16,17). The van der Waals surface area contributed by atoms with Crippen LogP contribution in [0.1, 0.15) is 41.4 Å². The van der Waals surface area contributed by atoms with Gasteiger partial charge in [0.15, 0.2) is 0 Å². The molecule has 0 fully saturated rings. The fraction of sp³-hybridized carbons (Fsp3) is 0.308. The predicted molar refractivity (Wildman–Crippen MR) is 69.1 cm³/mol. The summed E-state index contributed by atoms with van der Waals surface area (Å²) >= 11 is 6.04. The normalized spacial score (nSPS) is 11.4. The quantitative estimate of drug-likeness (QED) is 0.849. The molecule has 1 aromatic heterocycles. The molecule has 0 aliphatic rings. The molecule has 90 valence electrons. The molecule has 4 heteroatoms. The monoisotopic (exact) mass is 251 g/mol. The first-order chi connectivity index (χ1) is 7.93. The van der Waals surface area contributed by atoms with Crippen molar-refractivity contribution in [2.24, 2.45) is 0 Å². The Bertz CT molecular complexity index is 599.